The van der Waals surface area contributed by atoms with E-state index in [1.165, 1.54) is 0 Å². The van der Waals surface area contributed by atoms with Crippen molar-refractivity contribution in [3.63, 3.8) is 0 Å². The fraction of sp³-hybridized carbons (Fsp3) is 0.444. The van der Waals surface area contributed by atoms with Crippen LogP contribution in [0, 0.1) is 10.1 Å². The molecule has 1 heterocycles. The molecule has 0 bridgehead atoms. The summed E-state index contributed by atoms with van der Waals surface area (Å²) in [4.78, 5) is 28.5. The van der Waals surface area contributed by atoms with Crippen LogP contribution in [0.25, 0.3) is 0 Å². The number of amides is 1. The molecule has 19 heavy (non-hydrogen) atoms. The van der Waals surface area contributed by atoms with Crippen LogP contribution < -0.4 is 16.4 Å². The number of nitrogens with one attached hydrogen (secondary N) is 2. The molecule has 0 aliphatic heterocycles. The molecule has 5 N–H and O–H groups in total. The lowest BCUT2D eigenvalue weighted by Crippen LogP contribution is -2.34. The monoisotopic (exact) mass is 270 g/mol. The molecule has 0 radical (unpaired) electrons. The molecule has 10 nitrogen and oxygen atoms in total. The SMILES string of the molecule is CCNc1ncnc(NCC(O)C(N)=O)c1[N+](=O)[O-]. The number of nitrogens with two attached hydrogens (primary N) is 1. The fourth-order valence-electron chi connectivity index (χ4n) is 1.27. The number of rotatable bonds is 7. The number of carbonyl (C=O) groups excluding carboxylic acids is 1. The highest BCUT2D eigenvalue weighted by Crippen LogP contribution is 2.28. The Bertz CT molecular complexity index is 480. The first kappa shape index (κ1) is 14.6. The van der Waals surface area contributed by atoms with Crippen molar-refractivity contribution in [2.24, 2.45) is 5.73 Å². The molecule has 0 aliphatic rings. The van der Waals surface area contributed by atoms with Crippen LogP contribution in [0.15, 0.2) is 6.33 Å². The van der Waals surface area contributed by atoms with E-state index < -0.39 is 16.9 Å². The minimum atomic E-state index is -1.46. The van der Waals surface area contributed by atoms with Gasteiger partial charge in [0, 0.05) is 6.54 Å². The molecule has 0 spiro atoms. The Labute approximate surface area is 108 Å². The number of aliphatic hydroxyl groups excluding tert-OH is 1. The molecule has 0 fully saturated rings. The van der Waals surface area contributed by atoms with Gasteiger partial charge in [-0.2, -0.15) is 0 Å². The lowest BCUT2D eigenvalue weighted by atomic mass is 10.3. The van der Waals surface area contributed by atoms with E-state index in [1.54, 1.807) is 6.92 Å². The van der Waals surface area contributed by atoms with Crippen LogP contribution in [-0.4, -0.2) is 45.1 Å². The van der Waals surface area contributed by atoms with Crippen LogP contribution in [-0.2, 0) is 4.79 Å². The Morgan fingerprint density at radius 1 is 1.53 bits per heavy atom. The first-order chi connectivity index (χ1) is 8.97. The molecule has 1 amide bonds. The van der Waals surface area contributed by atoms with E-state index in [1.807, 2.05) is 0 Å². The Morgan fingerprint density at radius 3 is 2.58 bits per heavy atom. The number of nitro groups is 1. The summed E-state index contributed by atoms with van der Waals surface area (Å²) in [6.45, 7) is 1.93. The summed E-state index contributed by atoms with van der Waals surface area (Å²) in [7, 11) is 0. The highest BCUT2D eigenvalue weighted by molar-refractivity contribution is 5.79. The summed E-state index contributed by atoms with van der Waals surface area (Å²) in [5, 5.41) is 25.4. The van der Waals surface area contributed by atoms with Gasteiger partial charge in [-0.1, -0.05) is 0 Å². The third-order valence-corrected chi connectivity index (χ3v) is 2.14. The van der Waals surface area contributed by atoms with Crippen molar-refractivity contribution in [1.29, 1.82) is 0 Å². The maximum Gasteiger partial charge on any atom is 0.353 e. The fourth-order valence-corrected chi connectivity index (χ4v) is 1.27. The molecule has 0 aromatic carbocycles. The van der Waals surface area contributed by atoms with Gasteiger partial charge < -0.3 is 21.5 Å². The first-order valence-electron chi connectivity index (χ1n) is 5.41. The Morgan fingerprint density at radius 2 is 2.11 bits per heavy atom. The standard InChI is InChI=1S/C9H14N6O4/c1-2-11-8-6(15(18)19)9(14-4-13-8)12-3-5(16)7(10)17/h4-5,16H,2-3H2,1H3,(H2,10,17)(H2,11,12,13,14). The lowest BCUT2D eigenvalue weighted by molar-refractivity contribution is -0.383. The topological polar surface area (TPSA) is 156 Å². The summed E-state index contributed by atoms with van der Waals surface area (Å²) in [6, 6.07) is 0. The summed E-state index contributed by atoms with van der Waals surface area (Å²) in [5.74, 6) is -0.981. The maximum atomic E-state index is 11.0. The summed E-state index contributed by atoms with van der Waals surface area (Å²) >= 11 is 0. The number of hydrogen-bond donors (Lipinski definition) is 4. The third-order valence-electron chi connectivity index (χ3n) is 2.14. The second-order valence-corrected chi connectivity index (χ2v) is 3.51. The highest BCUT2D eigenvalue weighted by Gasteiger charge is 2.23. The smallest absolute Gasteiger partial charge is 0.353 e. The molecule has 1 aromatic rings. The zero-order valence-corrected chi connectivity index (χ0v) is 10.2. The molecule has 1 unspecified atom stereocenters. The van der Waals surface area contributed by atoms with E-state index in [0.29, 0.717) is 6.54 Å². The van der Waals surface area contributed by atoms with Gasteiger partial charge in [0.25, 0.3) is 0 Å². The Kier molecular flexibility index (Phi) is 4.94. The maximum absolute atomic E-state index is 11.0. The highest BCUT2D eigenvalue weighted by atomic mass is 16.6. The average Bonchev–Trinajstić information content (AvgIpc) is 2.35. The normalized spacial score (nSPS) is 11.7. The van der Waals surface area contributed by atoms with Crippen LogP contribution in [0.4, 0.5) is 17.3 Å². The largest absolute Gasteiger partial charge is 0.381 e. The van der Waals surface area contributed by atoms with Gasteiger partial charge in [-0.25, -0.2) is 9.97 Å². The van der Waals surface area contributed by atoms with Crippen LogP contribution in [0.2, 0.25) is 0 Å². The summed E-state index contributed by atoms with van der Waals surface area (Å²) < 4.78 is 0. The van der Waals surface area contributed by atoms with Gasteiger partial charge in [-0.15, -0.1) is 0 Å². The number of aromatic nitrogens is 2. The second-order valence-electron chi connectivity index (χ2n) is 3.51. The molecule has 10 heteroatoms. The summed E-state index contributed by atoms with van der Waals surface area (Å²) in [6.07, 6.45) is -0.332. The molecule has 0 saturated carbocycles. The number of primary amides is 1. The van der Waals surface area contributed by atoms with Gasteiger partial charge in [-0.3, -0.25) is 14.9 Å². The molecule has 0 aliphatic carbocycles. The van der Waals surface area contributed by atoms with Crippen LogP contribution in [0.3, 0.4) is 0 Å². The minimum Gasteiger partial charge on any atom is -0.381 e. The van der Waals surface area contributed by atoms with Gasteiger partial charge in [0.1, 0.15) is 12.4 Å². The molecule has 1 atom stereocenters. The zero-order chi connectivity index (χ0) is 14.4. The van der Waals surface area contributed by atoms with Crippen molar-refractivity contribution in [3.8, 4) is 0 Å². The van der Waals surface area contributed by atoms with E-state index in [2.05, 4.69) is 20.6 Å². The van der Waals surface area contributed by atoms with E-state index in [-0.39, 0.29) is 23.9 Å². The van der Waals surface area contributed by atoms with Gasteiger partial charge in [0.2, 0.25) is 17.5 Å². The molecule has 0 saturated heterocycles. The van der Waals surface area contributed by atoms with Crippen LogP contribution in [0.1, 0.15) is 6.92 Å². The second kappa shape index (κ2) is 6.44. The molecular formula is C9H14N6O4. The number of carbonyl (C=O) groups is 1. The van der Waals surface area contributed by atoms with E-state index in [9.17, 15) is 20.0 Å². The van der Waals surface area contributed by atoms with Crippen molar-refractivity contribution in [1.82, 2.24) is 9.97 Å². The predicted octanol–water partition coefficient (Wildman–Crippen LogP) is -0.925. The minimum absolute atomic E-state index is 0.0542. The van der Waals surface area contributed by atoms with Gasteiger partial charge in [0.05, 0.1) is 11.5 Å². The first-order valence-corrected chi connectivity index (χ1v) is 5.41. The zero-order valence-electron chi connectivity index (χ0n) is 10.2. The van der Waals surface area contributed by atoms with Gasteiger partial charge >= 0.3 is 5.69 Å². The molecule has 104 valence electrons. The Balaban J connectivity index is 2.96. The van der Waals surface area contributed by atoms with Crippen LogP contribution in [0.5, 0.6) is 0 Å². The number of aliphatic hydroxyl groups is 1. The average molecular weight is 270 g/mol. The molecule has 1 aromatic heterocycles. The number of hydrogen-bond acceptors (Lipinski definition) is 8. The lowest BCUT2D eigenvalue weighted by Gasteiger charge is -2.10. The summed E-state index contributed by atoms with van der Waals surface area (Å²) in [5.41, 5.74) is 4.51. The number of anilines is 2. The third kappa shape index (κ3) is 3.74. The predicted molar refractivity (Wildman–Crippen MR) is 66.5 cm³/mol. The van der Waals surface area contributed by atoms with E-state index >= 15 is 0 Å². The van der Waals surface area contributed by atoms with Crippen molar-refractivity contribution in [2.75, 3.05) is 23.7 Å². The van der Waals surface area contributed by atoms with Crippen molar-refractivity contribution >= 4 is 23.2 Å². The number of nitrogens with zero attached hydrogens (tertiary/aromatic N) is 3. The van der Waals surface area contributed by atoms with E-state index in [0.717, 1.165) is 6.33 Å². The van der Waals surface area contributed by atoms with Gasteiger partial charge in [-0.05, 0) is 6.92 Å². The van der Waals surface area contributed by atoms with Crippen molar-refractivity contribution in [3.05, 3.63) is 16.4 Å². The molecule has 1 rings (SSSR count). The van der Waals surface area contributed by atoms with Crippen LogP contribution >= 0.6 is 0 Å². The van der Waals surface area contributed by atoms with Crippen molar-refractivity contribution in [2.45, 2.75) is 13.0 Å². The Hall–Kier alpha value is -2.49. The van der Waals surface area contributed by atoms with Gasteiger partial charge in [0.15, 0.2) is 0 Å². The molecular weight excluding hydrogens is 256 g/mol. The van der Waals surface area contributed by atoms with Crippen molar-refractivity contribution < 1.29 is 14.8 Å². The quantitative estimate of drug-likeness (QED) is 0.366. The van der Waals surface area contributed by atoms with E-state index in [4.69, 9.17) is 5.73 Å².